The highest BCUT2D eigenvalue weighted by Crippen LogP contribution is 2.17. The fraction of sp³-hybridized carbons (Fsp3) is 0.368. The van der Waals surface area contributed by atoms with Crippen LogP contribution in [0.5, 0.6) is 0 Å². The molecule has 1 aliphatic heterocycles. The zero-order valence-electron chi connectivity index (χ0n) is 14.4. The molecule has 0 aliphatic carbocycles. The molecule has 0 unspecified atom stereocenters. The summed E-state index contributed by atoms with van der Waals surface area (Å²) in [5.74, 6) is -0.226. The van der Waals surface area contributed by atoms with Crippen molar-refractivity contribution in [3.8, 4) is 11.8 Å². The Balaban J connectivity index is 1.71. The Hall–Kier alpha value is -2.62. The van der Waals surface area contributed by atoms with E-state index >= 15 is 0 Å². The number of carbonyl (C=O) groups excluding carboxylic acids is 1. The number of nitriles is 1. The molecule has 1 aromatic heterocycles. The molecule has 1 fully saturated rings. The highest BCUT2D eigenvalue weighted by molar-refractivity contribution is 5.95. The molecule has 0 bridgehead atoms. The average Bonchev–Trinajstić information content (AvgIpc) is 3.07. The summed E-state index contributed by atoms with van der Waals surface area (Å²) in [5.41, 5.74) is 2.77. The van der Waals surface area contributed by atoms with Crippen LogP contribution in [0.25, 0.3) is 5.69 Å². The number of hydrogen-bond donors (Lipinski definition) is 1. The lowest BCUT2D eigenvalue weighted by molar-refractivity contribution is 0.0383. The highest BCUT2D eigenvalue weighted by atomic mass is 16.5. The number of ether oxygens (including phenoxy) is 1. The first kappa shape index (κ1) is 17.2. The summed E-state index contributed by atoms with van der Waals surface area (Å²) in [7, 11) is 0. The minimum absolute atomic E-state index is 0.226. The van der Waals surface area contributed by atoms with E-state index < -0.39 is 0 Å². The summed E-state index contributed by atoms with van der Waals surface area (Å²) in [6, 6.07) is 11.7. The molecule has 0 radical (unpaired) electrons. The molecule has 1 aromatic carbocycles. The number of hydrogen-bond acceptors (Lipinski definition) is 4. The van der Waals surface area contributed by atoms with Crippen LogP contribution in [0.4, 0.5) is 0 Å². The van der Waals surface area contributed by atoms with Crippen molar-refractivity contribution in [2.45, 2.75) is 6.92 Å². The van der Waals surface area contributed by atoms with E-state index in [1.807, 2.05) is 31.2 Å². The number of nitrogens with zero attached hydrogens (tertiary/aromatic N) is 3. The topological polar surface area (TPSA) is 70.3 Å². The largest absolute Gasteiger partial charge is 0.379 e. The van der Waals surface area contributed by atoms with Crippen LogP contribution in [0, 0.1) is 18.3 Å². The molecule has 0 saturated carbocycles. The van der Waals surface area contributed by atoms with Crippen LogP contribution in [0.15, 0.2) is 36.5 Å². The van der Waals surface area contributed by atoms with Crippen molar-refractivity contribution < 1.29 is 9.53 Å². The third kappa shape index (κ3) is 4.08. The van der Waals surface area contributed by atoms with E-state index in [0.29, 0.717) is 17.8 Å². The van der Waals surface area contributed by atoms with Crippen molar-refractivity contribution in [2.75, 3.05) is 39.4 Å². The lowest BCUT2D eigenvalue weighted by atomic mass is 10.2. The van der Waals surface area contributed by atoms with Crippen molar-refractivity contribution in [3.63, 3.8) is 0 Å². The molecule has 1 N–H and O–H groups in total. The van der Waals surface area contributed by atoms with Gasteiger partial charge in [0.15, 0.2) is 0 Å². The normalized spacial score (nSPS) is 14.9. The number of nitrogens with one attached hydrogen (secondary N) is 1. The van der Waals surface area contributed by atoms with Gasteiger partial charge in [-0.2, -0.15) is 5.26 Å². The van der Waals surface area contributed by atoms with Crippen LogP contribution in [0.3, 0.4) is 0 Å². The van der Waals surface area contributed by atoms with Gasteiger partial charge in [0.1, 0.15) is 11.8 Å². The Labute approximate surface area is 147 Å². The molecule has 2 aromatic rings. The van der Waals surface area contributed by atoms with Gasteiger partial charge in [-0.3, -0.25) is 9.69 Å². The van der Waals surface area contributed by atoms with Crippen molar-refractivity contribution in [1.29, 1.82) is 5.26 Å². The van der Waals surface area contributed by atoms with Gasteiger partial charge in [0.2, 0.25) is 0 Å². The average molecular weight is 338 g/mol. The van der Waals surface area contributed by atoms with E-state index in [2.05, 4.69) is 16.3 Å². The van der Waals surface area contributed by atoms with E-state index in [9.17, 15) is 10.1 Å². The summed E-state index contributed by atoms with van der Waals surface area (Å²) < 4.78 is 7.09. The van der Waals surface area contributed by atoms with E-state index in [1.54, 1.807) is 16.8 Å². The Kier molecular flexibility index (Phi) is 5.49. The highest BCUT2D eigenvalue weighted by Gasteiger charge is 2.18. The van der Waals surface area contributed by atoms with Crippen molar-refractivity contribution in [2.24, 2.45) is 0 Å². The third-order valence-corrected chi connectivity index (χ3v) is 4.35. The lowest BCUT2D eigenvalue weighted by Crippen LogP contribution is -2.41. The van der Waals surface area contributed by atoms with Crippen LogP contribution in [0.1, 0.15) is 21.6 Å². The predicted octanol–water partition coefficient (Wildman–Crippen LogP) is 1.72. The molecular formula is C19H22N4O2. The monoisotopic (exact) mass is 338 g/mol. The first-order chi connectivity index (χ1) is 12.2. The predicted molar refractivity (Wildman–Crippen MR) is 94.8 cm³/mol. The van der Waals surface area contributed by atoms with Crippen LogP contribution < -0.4 is 5.32 Å². The van der Waals surface area contributed by atoms with Gasteiger partial charge < -0.3 is 14.6 Å². The SMILES string of the molecule is Cc1ccc(-n2ccc(C#N)c2C(=O)NCCN2CCOCC2)cc1. The second-order valence-corrected chi connectivity index (χ2v) is 6.11. The maximum Gasteiger partial charge on any atom is 0.269 e. The second-order valence-electron chi connectivity index (χ2n) is 6.11. The molecular weight excluding hydrogens is 316 g/mol. The summed E-state index contributed by atoms with van der Waals surface area (Å²) in [6.07, 6.45) is 1.76. The molecule has 1 amide bonds. The van der Waals surface area contributed by atoms with E-state index in [0.717, 1.165) is 44.1 Å². The molecule has 25 heavy (non-hydrogen) atoms. The number of amides is 1. The van der Waals surface area contributed by atoms with Gasteiger partial charge in [0.05, 0.1) is 18.8 Å². The molecule has 3 rings (SSSR count). The zero-order valence-corrected chi connectivity index (χ0v) is 14.4. The summed E-state index contributed by atoms with van der Waals surface area (Å²) in [5, 5.41) is 12.3. The first-order valence-corrected chi connectivity index (χ1v) is 8.46. The van der Waals surface area contributed by atoms with Gasteiger partial charge in [-0.15, -0.1) is 0 Å². The second kappa shape index (κ2) is 7.97. The minimum Gasteiger partial charge on any atom is -0.379 e. The van der Waals surface area contributed by atoms with Crippen molar-refractivity contribution in [1.82, 2.24) is 14.8 Å². The molecule has 6 nitrogen and oxygen atoms in total. The Morgan fingerprint density at radius 3 is 2.64 bits per heavy atom. The molecule has 2 heterocycles. The summed E-state index contributed by atoms with van der Waals surface area (Å²) in [4.78, 5) is 14.9. The van der Waals surface area contributed by atoms with Crippen molar-refractivity contribution >= 4 is 5.91 Å². The lowest BCUT2D eigenvalue weighted by Gasteiger charge is -2.26. The first-order valence-electron chi connectivity index (χ1n) is 8.46. The maximum absolute atomic E-state index is 12.7. The molecule has 130 valence electrons. The van der Waals surface area contributed by atoms with Crippen LogP contribution in [-0.4, -0.2) is 54.8 Å². The fourth-order valence-electron chi connectivity index (χ4n) is 2.91. The number of carbonyl (C=O) groups is 1. The molecule has 1 aliphatic rings. The van der Waals surface area contributed by atoms with Gasteiger partial charge in [0, 0.05) is 38.1 Å². The van der Waals surface area contributed by atoms with Crippen LogP contribution in [0.2, 0.25) is 0 Å². The Morgan fingerprint density at radius 2 is 1.96 bits per heavy atom. The molecule has 6 heteroatoms. The van der Waals surface area contributed by atoms with Crippen LogP contribution >= 0.6 is 0 Å². The number of aromatic nitrogens is 1. The summed E-state index contributed by atoms with van der Waals surface area (Å²) >= 11 is 0. The minimum atomic E-state index is -0.226. The van der Waals surface area contributed by atoms with E-state index in [-0.39, 0.29) is 5.91 Å². The molecule has 1 saturated heterocycles. The van der Waals surface area contributed by atoms with E-state index in [1.165, 1.54) is 0 Å². The van der Waals surface area contributed by atoms with Gasteiger partial charge in [-0.1, -0.05) is 17.7 Å². The molecule has 0 atom stereocenters. The number of benzene rings is 1. The van der Waals surface area contributed by atoms with Gasteiger partial charge in [0.25, 0.3) is 5.91 Å². The number of morpholine rings is 1. The molecule has 0 spiro atoms. The Bertz CT molecular complexity index is 768. The quantitative estimate of drug-likeness (QED) is 0.901. The standard InChI is InChI=1S/C19H22N4O2/c1-15-2-4-17(5-3-15)23-8-6-16(14-20)18(23)19(24)21-7-9-22-10-12-25-13-11-22/h2-6,8H,7,9-13H2,1H3,(H,21,24). The third-order valence-electron chi connectivity index (χ3n) is 4.35. The number of aryl methyl sites for hydroxylation is 1. The Morgan fingerprint density at radius 1 is 1.24 bits per heavy atom. The smallest absolute Gasteiger partial charge is 0.269 e. The summed E-state index contributed by atoms with van der Waals surface area (Å²) in [6.45, 7) is 6.59. The van der Waals surface area contributed by atoms with Crippen molar-refractivity contribution in [3.05, 3.63) is 53.3 Å². The fourth-order valence-corrected chi connectivity index (χ4v) is 2.91. The zero-order chi connectivity index (χ0) is 17.6. The maximum atomic E-state index is 12.7. The van der Waals surface area contributed by atoms with Crippen LogP contribution in [-0.2, 0) is 4.74 Å². The van der Waals surface area contributed by atoms with Gasteiger partial charge >= 0.3 is 0 Å². The van der Waals surface area contributed by atoms with Gasteiger partial charge in [-0.25, -0.2) is 0 Å². The van der Waals surface area contributed by atoms with E-state index in [4.69, 9.17) is 4.74 Å². The van der Waals surface area contributed by atoms with Gasteiger partial charge in [-0.05, 0) is 25.1 Å². The number of rotatable bonds is 5.